The van der Waals surface area contributed by atoms with Crippen LogP contribution >= 0.6 is 0 Å². The Balaban J connectivity index is 2.22. The smallest absolute Gasteiger partial charge is 0.0598 e. The van der Waals surface area contributed by atoms with Crippen LogP contribution in [0.5, 0.6) is 0 Å². The van der Waals surface area contributed by atoms with Crippen LogP contribution in [0.1, 0.15) is 12.0 Å². The molecule has 0 bridgehead atoms. The Hall–Kier alpha value is -1.54. The van der Waals surface area contributed by atoms with E-state index in [1.54, 1.807) is 0 Å². The third-order valence-corrected chi connectivity index (χ3v) is 3.25. The summed E-state index contributed by atoms with van der Waals surface area (Å²) in [6.07, 6.45) is 1.37. The Morgan fingerprint density at radius 2 is 2.00 bits per heavy atom. The molecule has 0 radical (unpaired) electrons. The molecular formula is C14H15NO. The van der Waals surface area contributed by atoms with Crippen molar-refractivity contribution in [3.63, 3.8) is 0 Å². The molecule has 1 aliphatic rings. The highest BCUT2D eigenvalue weighted by Crippen LogP contribution is 2.30. The number of fused-ring (bicyclic) bond motifs is 3. The van der Waals surface area contributed by atoms with E-state index in [2.05, 4.69) is 41.7 Å². The predicted molar refractivity (Wildman–Crippen MR) is 66.8 cm³/mol. The Morgan fingerprint density at radius 3 is 2.94 bits per heavy atom. The number of aliphatic hydroxyl groups excluding tert-OH is 1. The van der Waals surface area contributed by atoms with Crippen LogP contribution in [0.4, 0.5) is 5.69 Å². The minimum atomic E-state index is -0.213. The molecule has 1 atom stereocenters. The van der Waals surface area contributed by atoms with Crippen LogP contribution in [0.25, 0.3) is 10.8 Å². The molecule has 0 spiro atoms. The van der Waals surface area contributed by atoms with Gasteiger partial charge in [-0.2, -0.15) is 0 Å². The molecule has 0 aliphatic carbocycles. The molecule has 1 unspecified atom stereocenters. The monoisotopic (exact) mass is 213 g/mol. The second-order valence-corrected chi connectivity index (χ2v) is 4.39. The molecule has 0 saturated carbocycles. The Labute approximate surface area is 94.9 Å². The van der Waals surface area contributed by atoms with Crippen molar-refractivity contribution in [2.75, 3.05) is 11.9 Å². The highest BCUT2D eigenvalue weighted by molar-refractivity contribution is 5.95. The fraction of sp³-hybridized carbons (Fsp3) is 0.286. The zero-order chi connectivity index (χ0) is 11.0. The maximum atomic E-state index is 9.77. The zero-order valence-corrected chi connectivity index (χ0v) is 9.11. The SMILES string of the molecule is OC1CCNc2c(ccc3ccccc23)C1. The summed E-state index contributed by atoms with van der Waals surface area (Å²) in [4.78, 5) is 0. The van der Waals surface area contributed by atoms with Gasteiger partial charge in [-0.1, -0.05) is 36.4 Å². The van der Waals surface area contributed by atoms with E-state index in [1.165, 1.54) is 22.0 Å². The van der Waals surface area contributed by atoms with Crippen LogP contribution < -0.4 is 5.32 Å². The standard InChI is InChI=1S/C14H15NO/c16-12-7-8-15-14-11(9-12)6-5-10-3-1-2-4-13(10)14/h1-6,12,15-16H,7-9H2. The maximum absolute atomic E-state index is 9.77. The van der Waals surface area contributed by atoms with E-state index in [0.29, 0.717) is 0 Å². The van der Waals surface area contributed by atoms with Gasteiger partial charge < -0.3 is 10.4 Å². The van der Waals surface area contributed by atoms with Crippen molar-refractivity contribution in [2.24, 2.45) is 0 Å². The Kier molecular flexibility index (Phi) is 2.29. The fourth-order valence-electron chi connectivity index (χ4n) is 2.42. The normalized spacial score (nSPS) is 19.9. The summed E-state index contributed by atoms with van der Waals surface area (Å²) in [5.74, 6) is 0. The average Bonchev–Trinajstić information content (AvgIpc) is 2.50. The third-order valence-electron chi connectivity index (χ3n) is 3.25. The zero-order valence-electron chi connectivity index (χ0n) is 9.11. The number of nitrogens with one attached hydrogen (secondary N) is 1. The second kappa shape index (κ2) is 3.80. The van der Waals surface area contributed by atoms with E-state index < -0.39 is 0 Å². The summed E-state index contributed by atoms with van der Waals surface area (Å²) >= 11 is 0. The van der Waals surface area contributed by atoms with Gasteiger partial charge >= 0.3 is 0 Å². The van der Waals surface area contributed by atoms with Gasteiger partial charge in [0.15, 0.2) is 0 Å². The largest absolute Gasteiger partial charge is 0.393 e. The van der Waals surface area contributed by atoms with Crippen LogP contribution in [-0.4, -0.2) is 17.8 Å². The molecule has 2 heteroatoms. The summed E-state index contributed by atoms with van der Waals surface area (Å²) in [6, 6.07) is 12.6. The molecule has 3 rings (SSSR count). The highest BCUT2D eigenvalue weighted by atomic mass is 16.3. The number of benzene rings is 2. The number of aliphatic hydroxyl groups is 1. The molecule has 2 aromatic rings. The Bertz CT molecular complexity index is 521. The third kappa shape index (κ3) is 1.55. The molecular weight excluding hydrogens is 198 g/mol. The van der Waals surface area contributed by atoms with Gasteiger partial charge in [0.25, 0.3) is 0 Å². The van der Waals surface area contributed by atoms with Crippen LogP contribution in [0.2, 0.25) is 0 Å². The van der Waals surface area contributed by atoms with Crippen molar-refractivity contribution in [2.45, 2.75) is 18.9 Å². The van der Waals surface area contributed by atoms with Crippen LogP contribution in [0.15, 0.2) is 36.4 Å². The minimum Gasteiger partial charge on any atom is -0.393 e. The maximum Gasteiger partial charge on any atom is 0.0598 e. The first-order chi connectivity index (χ1) is 7.84. The van der Waals surface area contributed by atoms with E-state index >= 15 is 0 Å². The van der Waals surface area contributed by atoms with E-state index in [-0.39, 0.29) is 6.10 Å². The summed E-state index contributed by atoms with van der Waals surface area (Å²) in [7, 11) is 0. The number of hydrogen-bond donors (Lipinski definition) is 2. The fourth-order valence-corrected chi connectivity index (χ4v) is 2.42. The number of rotatable bonds is 0. The molecule has 16 heavy (non-hydrogen) atoms. The van der Waals surface area contributed by atoms with Gasteiger partial charge in [-0.25, -0.2) is 0 Å². The predicted octanol–water partition coefficient (Wildman–Crippen LogP) is 2.56. The summed E-state index contributed by atoms with van der Waals surface area (Å²) in [6.45, 7) is 0.849. The highest BCUT2D eigenvalue weighted by Gasteiger charge is 2.15. The first-order valence-corrected chi connectivity index (χ1v) is 5.77. The van der Waals surface area contributed by atoms with Crippen LogP contribution in [0.3, 0.4) is 0 Å². The molecule has 0 amide bonds. The molecule has 0 fully saturated rings. The lowest BCUT2D eigenvalue weighted by Crippen LogP contribution is -2.10. The second-order valence-electron chi connectivity index (χ2n) is 4.39. The van der Waals surface area contributed by atoms with Crippen molar-refractivity contribution in [1.29, 1.82) is 0 Å². The molecule has 0 aromatic heterocycles. The van der Waals surface area contributed by atoms with Gasteiger partial charge in [0.2, 0.25) is 0 Å². The molecule has 82 valence electrons. The molecule has 2 aromatic carbocycles. The lowest BCUT2D eigenvalue weighted by atomic mass is 10.0. The molecule has 0 saturated heterocycles. The van der Waals surface area contributed by atoms with Crippen molar-refractivity contribution >= 4 is 16.5 Å². The average molecular weight is 213 g/mol. The van der Waals surface area contributed by atoms with E-state index in [1.807, 2.05) is 0 Å². The summed E-state index contributed by atoms with van der Waals surface area (Å²) < 4.78 is 0. The van der Waals surface area contributed by atoms with Crippen LogP contribution in [-0.2, 0) is 6.42 Å². The van der Waals surface area contributed by atoms with Gasteiger partial charge in [-0.15, -0.1) is 0 Å². The van der Waals surface area contributed by atoms with Gasteiger partial charge in [-0.3, -0.25) is 0 Å². The number of anilines is 1. The van der Waals surface area contributed by atoms with Gasteiger partial charge in [0.1, 0.15) is 0 Å². The van der Waals surface area contributed by atoms with Crippen molar-refractivity contribution in [3.05, 3.63) is 42.0 Å². The first kappa shape index (κ1) is 9.67. The van der Waals surface area contributed by atoms with E-state index in [4.69, 9.17) is 0 Å². The first-order valence-electron chi connectivity index (χ1n) is 5.77. The number of hydrogen-bond acceptors (Lipinski definition) is 2. The minimum absolute atomic E-state index is 0.213. The van der Waals surface area contributed by atoms with E-state index in [9.17, 15) is 5.11 Å². The quantitative estimate of drug-likeness (QED) is 0.705. The molecule has 1 aliphatic heterocycles. The lowest BCUT2D eigenvalue weighted by molar-refractivity contribution is 0.171. The van der Waals surface area contributed by atoms with Crippen molar-refractivity contribution < 1.29 is 5.11 Å². The summed E-state index contributed by atoms with van der Waals surface area (Å²) in [5, 5.41) is 15.7. The summed E-state index contributed by atoms with van der Waals surface area (Å²) in [5.41, 5.74) is 2.43. The molecule has 2 N–H and O–H groups in total. The Morgan fingerprint density at radius 1 is 1.12 bits per heavy atom. The van der Waals surface area contributed by atoms with Gasteiger partial charge in [-0.05, 0) is 17.4 Å². The van der Waals surface area contributed by atoms with Gasteiger partial charge in [0.05, 0.1) is 6.10 Å². The van der Waals surface area contributed by atoms with Crippen molar-refractivity contribution in [1.82, 2.24) is 0 Å². The van der Waals surface area contributed by atoms with E-state index in [0.717, 1.165) is 19.4 Å². The topological polar surface area (TPSA) is 32.3 Å². The lowest BCUT2D eigenvalue weighted by Gasteiger charge is -2.11. The van der Waals surface area contributed by atoms with Gasteiger partial charge in [0, 0.05) is 24.0 Å². The molecule has 2 nitrogen and oxygen atoms in total. The van der Waals surface area contributed by atoms with Crippen molar-refractivity contribution in [3.8, 4) is 0 Å². The van der Waals surface area contributed by atoms with Crippen LogP contribution in [0, 0.1) is 0 Å². The molecule has 1 heterocycles.